The van der Waals surface area contributed by atoms with Gasteiger partial charge < -0.3 is 15.1 Å². The van der Waals surface area contributed by atoms with Crippen LogP contribution in [0.4, 0.5) is 0 Å². The zero-order valence-corrected chi connectivity index (χ0v) is 11.1. The molecular formula is C13H16N2O5. The van der Waals surface area contributed by atoms with Crippen molar-refractivity contribution in [3.63, 3.8) is 0 Å². The lowest BCUT2D eigenvalue weighted by Gasteiger charge is -2.23. The van der Waals surface area contributed by atoms with E-state index in [9.17, 15) is 20.3 Å². The van der Waals surface area contributed by atoms with Crippen molar-refractivity contribution < 1.29 is 20.0 Å². The predicted octanol–water partition coefficient (Wildman–Crippen LogP) is 0.809. The minimum Gasteiger partial charge on any atom is -0.386 e. The Morgan fingerprint density at radius 3 is 2.70 bits per heavy atom. The molecule has 1 heterocycles. The summed E-state index contributed by atoms with van der Waals surface area (Å²) in [7, 11) is 0. The monoisotopic (exact) mass is 280 g/mol. The molecule has 0 aliphatic carbocycles. The first-order valence-corrected chi connectivity index (χ1v) is 6.18. The number of aryl methyl sites for hydroxylation is 1. The summed E-state index contributed by atoms with van der Waals surface area (Å²) in [6.45, 7) is 3.31. The van der Waals surface area contributed by atoms with Gasteiger partial charge in [-0.3, -0.25) is 10.1 Å². The number of rotatable bonds is 4. The Morgan fingerprint density at radius 1 is 1.40 bits per heavy atom. The van der Waals surface area contributed by atoms with Gasteiger partial charge in [-0.15, -0.1) is 0 Å². The van der Waals surface area contributed by atoms with Gasteiger partial charge in [0.15, 0.2) is 0 Å². The Balaban J connectivity index is 2.19. The van der Waals surface area contributed by atoms with E-state index in [0.29, 0.717) is 5.56 Å². The minimum atomic E-state index is -1.44. The Labute approximate surface area is 115 Å². The number of hydrogen-bond acceptors (Lipinski definition) is 6. The van der Waals surface area contributed by atoms with E-state index in [0.717, 1.165) is 5.56 Å². The quantitative estimate of drug-likeness (QED) is 0.627. The molecule has 108 valence electrons. The smallest absolute Gasteiger partial charge is 0.295 e. The van der Waals surface area contributed by atoms with E-state index in [2.05, 4.69) is 5.16 Å². The number of oxime groups is 1. The highest BCUT2D eigenvalue weighted by Gasteiger charge is 2.48. The summed E-state index contributed by atoms with van der Waals surface area (Å²) < 4.78 is 0. The minimum absolute atomic E-state index is 0.176. The Bertz CT molecular complexity index is 545. The lowest BCUT2D eigenvalue weighted by atomic mass is 9.94. The van der Waals surface area contributed by atoms with Crippen LogP contribution in [0.25, 0.3) is 0 Å². The maximum Gasteiger partial charge on any atom is 0.295 e. The van der Waals surface area contributed by atoms with Crippen LogP contribution in [0.3, 0.4) is 0 Å². The number of benzene rings is 1. The molecular weight excluding hydrogens is 264 g/mol. The van der Waals surface area contributed by atoms with Crippen molar-refractivity contribution in [2.24, 2.45) is 5.16 Å². The Morgan fingerprint density at radius 2 is 2.10 bits per heavy atom. The molecule has 2 rings (SSSR count). The van der Waals surface area contributed by atoms with Crippen LogP contribution in [0.5, 0.6) is 0 Å². The molecule has 1 aromatic carbocycles. The number of nitro groups is 1. The SMILES string of the molecule is CC1=NO[C@@H]([C@@H](O)[C@H](O)c2cccc(C)c2)[C@@H]1[N+](=O)[O-]. The second kappa shape index (κ2) is 5.56. The van der Waals surface area contributed by atoms with E-state index in [-0.39, 0.29) is 5.71 Å². The highest BCUT2D eigenvalue weighted by atomic mass is 16.7. The molecule has 1 aliphatic heterocycles. The van der Waals surface area contributed by atoms with E-state index >= 15 is 0 Å². The van der Waals surface area contributed by atoms with Crippen molar-refractivity contribution in [1.29, 1.82) is 0 Å². The maximum absolute atomic E-state index is 11.0. The van der Waals surface area contributed by atoms with Gasteiger partial charge >= 0.3 is 0 Å². The molecule has 1 aromatic rings. The molecule has 0 fully saturated rings. The van der Waals surface area contributed by atoms with Crippen molar-refractivity contribution in [3.8, 4) is 0 Å². The lowest BCUT2D eigenvalue weighted by Crippen LogP contribution is -2.45. The third-order valence-corrected chi connectivity index (χ3v) is 3.33. The Kier molecular flexibility index (Phi) is 4.01. The molecule has 0 unspecified atom stereocenters. The van der Waals surface area contributed by atoms with E-state index in [1.165, 1.54) is 6.92 Å². The molecule has 7 nitrogen and oxygen atoms in total. The van der Waals surface area contributed by atoms with Crippen LogP contribution in [0.15, 0.2) is 29.4 Å². The van der Waals surface area contributed by atoms with Crippen molar-refractivity contribution >= 4 is 5.71 Å². The van der Waals surface area contributed by atoms with Crippen LogP contribution in [0, 0.1) is 17.0 Å². The van der Waals surface area contributed by atoms with Gasteiger partial charge in [-0.05, 0) is 19.4 Å². The highest BCUT2D eigenvalue weighted by molar-refractivity contribution is 5.87. The first kappa shape index (κ1) is 14.4. The molecule has 0 amide bonds. The van der Waals surface area contributed by atoms with Gasteiger partial charge in [0.25, 0.3) is 6.04 Å². The van der Waals surface area contributed by atoms with Gasteiger partial charge in [-0.25, -0.2) is 0 Å². The number of aliphatic hydroxyl groups is 2. The van der Waals surface area contributed by atoms with Crippen molar-refractivity contribution in [1.82, 2.24) is 0 Å². The summed E-state index contributed by atoms with van der Waals surface area (Å²) >= 11 is 0. The average molecular weight is 280 g/mol. The molecule has 1 aliphatic rings. The first-order chi connectivity index (χ1) is 9.41. The van der Waals surface area contributed by atoms with Crippen LogP contribution in [0.2, 0.25) is 0 Å². The molecule has 7 heteroatoms. The third kappa shape index (κ3) is 2.63. The van der Waals surface area contributed by atoms with Crippen LogP contribution >= 0.6 is 0 Å². The number of nitrogens with zero attached hydrogens (tertiary/aromatic N) is 2. The van der Waals surface area contributed by atoms with Crippen molar-refractivity contribution in [2.75, 3.05) is 0 Å². The second-order valence-corrected chi connectivity index (χ2v) is 4.88. The molecule has 0 saturated heterocycles. The summed E-state index contributed by atoms with van der Waals surface area (Å²) in [5.74, 6) is 0. The standard InChI is InChI=1S/C13H16N2O5/c1-7-4-3-5-9(6-7)11(16)12(17)13-10(15(18)19)8(2)14-20-13/h3-6,10-13,16-17H,1-2H3/t10-,11-,12+,13-/m1/s1. The van der Waals surface area contributed by atoms with Gasteiger partial charge in [-0.2, -0.15) is 0 Å². The topological polar surface area (TPSA) is 105 Å². The van der Waals surface area contributed by atoms with Crippen LogP contribution < -0.4 is 0 Å². The summed E-state index contributed by atoms with van der Waals surface area (Å²) in [4.78, 5) is 15.3. The van der Waals surface area contributed by atoms with E-state index in [4.69, 9.17) is 4.84 Å². The van der Waals surface area contributed by atoms with Crippen molar-refractivity contribution in [2.45, 2.75) is 38.2 Å². The average Bonchev–Trinajstić information content (AvgIpc) is 2.79. The molecule has 20 heavy (non-hydrogen) atoms. The zero-order chi connectivity index (χ0) is 14.9. The molecule has 0 saturated carbocycles. The second-order valence-electron chi connectivity index (χ2n) is 4.88. The van der Waals surface area contributed by atoms with Gasteiger partial charge in [0.1, 0.15) is 17.9 Å². The largest absolute Gasteiger partial charge is 0.386 e. The van der Waals surface area contributed by atoms with E-state index < -0.39 is 29.3 Å². The fourth-order valence-electron chi connectivity index (χ4n) is 2.25. The molecule has 4 atom stereocenters. The van der Waals surface area contributed by atoms with Crippen LogP contribution in [0.1, 0.15) is 24.2 Å². The molecule has 0 spiro atoms. The molecule has 0 bridgehead atoms. The highest BCUT2D eigenvalue weighted by Crippen LogP contribution is 2.26. The van der Waals surface area contributed by atoms with E-state index in [1.807, 2.05) is 13.0 Å². The maximum atomic E-state index is 11.0. The van der Waals surface area contributed by atoms with Crippen LogP contribution in [-0.2, 0) is 4.84 Å². The lowest BCUT2D eigenvalue weighted by molar-refractivity contribution is -0.514. The third-order valence-electron chi connectivity index (χ3n) is 3.33. The summed E-state index contributed by atoms with van der Waals surface area (Å²) in [5.41, 5.74) is 1.57. The number of hydrogen-bond donors (Lipinski definition) is 2. The summed E-state index contributed by atoms with van der Waals surface area (Å²) in [5, 5.41) is 34.8. The molecule has 0 aromatic heterocycles. The van der Waals surface area contributed by atoms with Gasteiger partial charge in [0.2, 0.25) is 6.10 Å². The van der Waals surface area contributed by atoms with Crippen LogP contribution in [-0.4, -0.2) is 39.1 Å². The first-order valence-electron chi connectivity index (χ1n) is 6.18. The van der Waals surface area contributed by atoms with Gasteiger partial charge in [0, 0.05) is 4.92 Å². The summed E-state index contributed by atoms with van der Waals surface area (Å²) in [6, 6.07) is 5.69. The fourth-order valence-corrected chi connectivity index (χ4v) is 2.25. The zero-order valence-electron chi connectivity index (χ0n) is 11.1. The summed E-state index contributed by atoms with van der Waals surface area (Å²) in [6.07, 6.45) is -3.91. The molecule has 0 radical (unpaired) electrons. The predicted molar refractivity (Wildman–Crippen MR) is 70.9 cm³/mol. The normalized spacial score (nSPS) is 24.7. The molecule has 2 N–H and O–H groups in total. The Hall–Kier alpha value is -1.99. The number of aliphatic hydroxyl groups excluding tert-OH is 2. The van der Waals surface area contributed by atoms with Gasteiger partial charge in [-0.1, -0.05) is 35.0 Å². The van der Waals surface area contributed by atoms with Gasteiger partial charge in [0.05, 0.1) is 0 Å². The van der Waals surface area contributed by atoms with Crippen molar-refractivity contribution in [3.05, 3.63) is 45.5 Å². The fraction of sp³-hybridized carbons (Fsp3) is 0.462. The van der Waals surface area contributed by atoms with E-state index in [1.54, 1.807) is 18.2 Å².